The highest BCUT2D eigenvalue weighted by atomic mass is 19.3. The maximum absolute atomic E-state index is 14.3. The van der Waals surface area contributed by atoms with Gasteiger partial charge in [0, 0.05) is 38.3 Å². The molecule has 0 bridgehead atoms. The highest BCUT2D eigenvalue weighted by Gasteiger charge is 2.30. The quantitative estimate of drug-likeness (QED) is 0.202. The number of anilines is 2. The van der Waals surface area contributed by atoms with E-state index in [1.165, 1.54) is 11.7 Å². The third kappa shape index (κ3) is 6.28. The van der Waals surface area contributed by atoms with Crippen molar-refractivity contribution >= 4 is 34.9 Å². The lowest BCUT2D eigenvalue weighted by Gasteiger charge is -2.28. The van der Waals surface area contributed by atoms with Crippen molar-refractivity contribution in [3.8, 4) is 11.7 Å². The van der Waals surface area contributed by atoms with Gasteiger partial charge in [-0.3, -0.25) is 14.8 Å². The summed E-state index contributed by atoms with van der Waals surface area (Å²) < 4.78 is 67.7. The second kappa shape index (κ2) is 13.0. The molecule has 46 heavy (non-hydrogen) atoms. The van der Waals surface area contributed by atoms with Crippen molar-refractivity contribution in [3.63, 3.8) is 0 Å². The van der Waals surface area contributed by atoms with Gasteiger partial charge in [-0.25, -0.2) is 32.8 Å². The number of carbonyl (C=O) groups is 2. The van der Waals surface area contributed by atoms with Crippen LogP contribution >= 0.6 is 0 Å². The molecule has 2 aromatic heterocycles. The Balaban J connectivity index is 1.23. The zero-order chi connectivity index (χ0) is 32.4. The molecule has 2 aliphatic rings. The summed E-state index contributed by atoms with van der Waals surface area (Å²) >= 11 is 0. The minimum Gasteiger partial charge on any atom is -0.494 e. The van der Waals surface area contributed by atoms with Crippen molar-refractivity contribution in [2.24, 2.45) is 0 Å². The van der Waals surface area contributed by atoms with Crippen LogP contribution in [0.15, 0.2) is 36.4 Å². The Morgan fingerprint density at radius 1 is 0.957 bits per heavy atom. The van der Waals surface area contributed by atoms with E-state index in [9.17, 15) is 27.2 Å². The van der Waals surface area contributed by atoms with E-state index >= 15 is 0 Å². The van der Waals surface area contributed by atoms with E-state index in [2.05, 4.69) is 36.1 Å². The molecular formula is C28H28F4N10O4. The number of aromatic nitrogens is 5. The smallest absolute Gasteiger partial charge is 0.333 e. The largest absolute Gasteiger partial charge is 0.494 e. The van der Waals surface area contributed by atoms with Gasteiger partial charge in [-0.1, -0.05) is 6.07 Å². The van der Waals surface area contributed by atoms with E-state index < -0.39 is 47.4 Å². The average molecular weight is 645 g/mol. The number of carbonyl (C=O) groups excluding carboxylic acids is 2. The van der Waals surface area contributed by atoms with E-state index in [1.807, 2.05) is 4.90 Å². The van der Waals surface area contributed by atoms with E-state index in [1.54, 1.807) is 23.1 Å². The Hall–Kier alpha value is -5.26. The van der Waals surface area contributed by atoms with Crippen LogP contribution < -0.4 is 30.7 Å². The van der Waals surface area contributed by atoms with Gasteiger partial charge in [0.2, 0.25) is 17.8 Å². The molecule has 0 spiro atoms. The fraction of sp³-hybridized carbons (Fsp3) is 0.357. The summed E-state index contributed by atoms with van der Waals surface area (Å²) in [6.45, 7) is 2.43. The van der Waals surface area contributed by atoms with Crippen molar-refractivity contribution < 1.29 is 36.6 Å². The Morgan fingerprint density at radius 3 is 2.41 bits per heavy atom. The monoisotopic (exact) mass is 644 g/mol. The van der Waals surface area contributed by atoms with Crippen LogP contribution in [0.1, 0.15) is 29.0 Å². The molecule has 0 aliphatic carbocycles. The molecule has 4 heterocycles. The van der Waals surface area contributed by atoms with Crippen LogP contribution in [0, 0.1) is 11.6 Å². The Kier molecular flexibility index (Phi) is 8.69. The molecular weight excluding hydrogens is 616 g/mol. The van der Waals surface area contributed by atoms with Crippen molar-refractivity contribution in [2.75, 3.05) is 56.3 Å². The minimum atomic E-state index is -2.96. The molecule has 1 atom stereocenters. The number of nitrogens with zero attached hydrogens (tertiary/aromatic N) is 7. The van der Waals surface area contributed by atoms with Gasteiger partial charge < -0.3 is 24.6 Å². The number of rotatable bonds is 7. The molecule has 14 nitrogen and oxygen atoms in total. The number of urea groups is 1. The number of para-hydroxylation sites is 1. The normalized spacial score (nSPS) is 16.6. The third-order valence-corrected chi connectivity index (χ3v) is 7.45. The number of halogens is 4. The Morgan fingerprint density at radius 2 is 1.70 bits per heavy atom. The van der Waals surface area contributed by atoms with Crippen LogP contribution in [0.5, 0.6) is 5.75 Å². The number of imidazole rings is 1. The molecule has 3 N–H and O–H groups in total. The number of hydrogen-bond donors (Lipinski definition) is 3. The number of benzene rings is 2. The average Bonchev–Trinajstić information content (AvgIpc) is 3.69. The predicted molar refractivity (Wildman–Crippen MR) is 155 cm³/mol. The van der Waals surface area contributed by atoms with Gasteiger partial charge in [0.05, 0.1) is 31.4 Å². The third-order valence-electron chi connectivity index (χ3n) is 7.45. The maximum atomic E-state index is 14.3. The molecule has 2 fully saturated rings. The number of hydrogen-bond acceptors (Lipinski definition) is 10. The van der Waals surface area contributed by atoms with Crippen molar-refractivity contribution in [2.45, 2.75) is 18.9 Å². The first-order valence-corrected chi connectivity index (χ1v) is 14.2. The first kappa shape index (κ1) is 30.8. The summed E-state index contributed by atoms with van der Waals surface area (Å²) in [5.74, 6) is -2.76. The van der Waals surface area contributed by atoms with Gasteiger partial charge in [-0.05, 0) is 30.7 Å². The van der Waals surface area contributed by atoms with E-state index in [0.29, 0.717) is 56.6 Å². The van der Waals surface area contributed by atoms with E-state index in [-0.39, 0.29) is 29.9 Å². The number of morpholine rings is 1. The predicted octanol–water partition coefficient (Wildman–Crippen LogP) is 2.49. The fourth-order valence-corrected chi connectivity index (χ4v) is 5.24. The summed E-state index contributed by atoms with van der Waals surface area (Å²) in [4.78, 5) is 46.3. The second-order valence-corrected chi connectivity index (χ2v) is 10.4. The molecule has 18 heteroatoms. The second-order valence-electron chi connectivity index (χ2n) is 10.4. The molecule has 242 valence electrons. The lowest BCUT2D eigenvalue weighted by molar-refractivity contribution is 0.0931. The molecule has 0 radical (unpaired) electrons. The first-order valence-electron chi connectivity index (χ1n) is 14.2. The van der Waals surface area contributed by atoms with Crippen molar-refractivity contribution in [1.82, 2.24) is 40.7 Å². The Labute approximate surface area is 258 Å². The molecule has 2 saturated heterocycles. The number of methoxy groups -OCH3 is 1. The maximum Gasteiger partial charge on any atom is 0.333 e. The topological polar surface area (TPSA) is 152 Å². The highest BCUT2D eigenvalue weighted by molar-refractivity contribution is 5.95. The SMILES string of the molecule is COc1cccc2c1nc(C(F)F)n2-c1nc(N2CCOCC2)nc(N2CCC(NC(=O)NNC(=O)c3ccc(F)cc3F)C2)n1. The molecule has 3 amide bonds. The van der Waals surface area contributed by atoms with Gasteiger partial charge in [0.1, 0.15) is 22.9 Å². The molecule has 6 rings (SSSR count). The van der Waals surface area contributed by atoms with Gasteiger partial charge in [0.25, 0.3) is 12.3 Å². The standard InChI is InChI=1S/C28H28F4N10O4/c1-45-20-4-2-3-19-21(20)34-23(22(31)32)42(19)27-36-25(40-9-11-46-12-10-40)35-26(37-27)41-8-7-16(14-41)33-28(44)39-38-24(43)17-6-5-15(29)13-18(17)30/h2-6,13,16,22H,7-12,14H2,1H3,(H,38,43)(H2,33,39,44). The summed E-state index contributed by atoms with van der Waals surface area (Å²) in [5, 5.41) is 2.70. The van der Waals surface area contributed by atoms with Gasteiger partial charge >= 0.3 is 6.03 Å². The molecule has 1 unspecified atom stereocenters. The van der Waals surface area contributed by atoms with Gasteiger partial charge in [-0.2, -0.15) is 15.0 Å². The molecule has 4 aromatic rings. The Bertz CT molecular complexity index is 1770. The lowest BCUT2D eigenvalue weighted by atomic mass is 10.2. The summed E-state index contributed by atoms with van der Waals surface area (Å²) in [6, 6.07) is 6.12. The lowest BCUT2D eigenvalue weighted by Crippen LogP contribution is -2.50. The highest BCUT2D eigenvalue weighted by Crippen LogP contribution is 2.32. The van der Waals surface area contributed by atoms with Gasteiger partial charge in [0.15, 0.2) is 5.82 Å². The summed E-state index contributed by atoms with van der Waals surface area (Å²) in [6.07, 6.45) is -2.50. The van der Waals surface area contributed by atoms with Gasteiger partial charge in [-0.15, -0.1) is 0 Å². The number of fused-ring (bicyclic) bond motifs is 1. The molecule has 2 aromatic carbocycles. The van der Waals surface area contributed by atoms with Crippen LogP contribution in [0.2, 0.25) is 0 Å². The van der Waals surface area contributed by atoms with Crippen LogP contribution in [0.25, 0.3) is 17.0 Å². The first-order chi connectivity index (χ1) is 22.2. The van der Waals surface area contributed by atoms with Crippen LogP contribution in [0.4, 0.5) is 34.3 Å². The number of alkyl halides is 2. The van der Waals surface area contributed by atoms with Crippen molar-refractivity contribution in [3.05, 3.63) is 59.4 Å². The van der Waals surface area contributed by atoms with E-state index in [0.717, 1.165) is 12.1 Å². The molecule has 2 aliphatic heterocycles. The fourth-order valence-electron chi connectivity index (χ4n) is 5.24. The number of ether oxygens (including phenoxy) is 2. The van der Waals surface area contributed by atoms with Crippen molar-refractivity contribution in [1.29, 1.82) is 0 Å². The number of hydrazine groups is 1. The summed E-state index contributed by atoms with van der Waals surface area (Å²) in [7, 11) is 1.42. The minimum absolute atomic E-state index is 0.0672. The summed E-state index contributed by atoms with van der Waals surface area (Å²) in [5.41, 5.74) is 4.32. The number of amides is 3. The number of nitrogens with one attached hydrogen (secondary N) is 3. The van der Waals surface area contributed by atoms with E-state index in [4.69, 9.17) is 9.47 Å². The van der Waals surface area contributed by atoms with Crippen LogP contribution in [0.3, 0.4) is 0 Å². The zero-order valence-corrected chi connectivity index (χ0v) is 24.3. The van der Waals surface area contributed by atoms with Crippen LogP contribution in [-0.2, 0) is 4.74 Å². The zero-order valence-electron chi connectivity index (χ0n) is 24.3. The molecule has 0 saturated carbocycles. The van der Waals surface area contributed by atoms with Crippen LogP contribution in [-0.4, -0.2) is 89.0 Å².